The number of nitrogens with zero attached hydrogens (tertiary/aromatic N) is 12. The Kier molecular flexibility index (Phi) is 7.73. The van der Waals surface area contributed by atoms with Crippen LogP contribution in [0.5, 0.6) is 0 Å². The Morgan fingerprint density at radius 1 is 0.365 bits per heavy atom. The van der Waals surface area contributed by atoms with E-state index in [0.717, 1.165) is 19.6 Å². The van der Waals surface area contributed by atoms with Crippen LogP contribution in [-0.4, -0.2) is 48.5 Å². The van der Waals surface area contributed by atoms with Crippen LogP contribution in [0.25, 0.3) is 99.6 Å². The molecule has 0 radical (unpaired) electrons. The molecule has 6 aromatic heterocycles. The lowest BCUT2D eigenvalue weighted by atomic mass is 9.82. The summed E-state index contributed by atoms with van der Waals surface area (Å²) in [6, 6.07) is 63.1. The second kappa shape index (κ2) is 14.9. The summed E-state index contributed by atoms with van der Waals surface area (Å²) in [4.78, 5) is 7.64. The molecule has 85 heavy (non-hydrogen) atoms. The van der Waals surface area contributed by atoms with Crippen molar-refractivity contribution >= 4 is 121 Å². The normalized spacial score (nSPS) is 15.1. The topological polar surface area (TPSA) is 50.9 Å². The molecule has 396 valence electrons. The fourth-order valence-corrected chi connectivity index (χ4v) is 17.5. The van der Waals surface area contributed by atoms with E-state index in [0.29, 0.717) is 5.92 Å². The van der Waals surface area contributed by atoms with Gasteiger partial charge in [0.25, 0.3) is 17.5 Å². The second-order valence-electron chi connectivity index (χ2n) is 25.2. The lowest BCUT2D eigenvalue weighted by Gasteiger charge is -2.29. The van der Waals surface area contributed by atoms with Gasteiger partial charge in [-0.1, -0.05) is 129 Å². The number of para-hydroxylation sites is 6. The van der Waals surface area contributed by atoms with Gasteiger partial charge >= 0.3 is 21.4 Å². The number of fused-ring (bicyclic) bond motifs is 24. The molecule has 15 aromatic rings. The van der Waals surface area contributed by atoms with Crippen molar-refractivity contribution in [3.05, 3.63) is 235 Å². The third kappa shape index (κ3) is 5.04. The van der Waals surface area contributed by atoms with Crippen LogP contribution in [0.2, 0.25) is 0 Å². The van der Waals surface area contributed by atoms with Gasteiger partial charge in [0.15, 0.2) is 0 Å². The van der Waals surface area contributed by atoms with Crippen LogP contribution in [0.15, 0.2) is 207 Å². The molecule has 0 bridgehead atoms. The molecule has 0 unspecified atom stereocenters. The average molecular weight is 1090 g/mol. The monoisotopic (exact) mass is 1090 g/mol. The molecule has 0 spiro atoms. The highest BCUT2D eigenvalue weighted by Crippen LogP contribution is 2.54. The Morgan fingerprint density at radius 2 is 0.741 bits per heavy atom. The first-order valence-electron chi connectivity index (χ1n) is 30.1. The van der Waals surface area contributed by atoms with E-state index >= 15 is 0 Å². The van der Waals surface area contributed by atoms with Gasteiger partial charge in [0, 0.05) is 71.2 Å². The first-order valence-corrected chi connectivity index (χ1v) is 30.1. The molecule has 0 saturated heterocycles. The quantitative estimate of drug-likeness (QED) is 0.154. The van der Waals surface area contributed by atoms with Crippen LogP contribution in [0, 0.1) is 6.92 Å². The van der Waals surface area contributed by atoms with Gasteiger partial charge in [-0.05, 0) is 78.6 Å². The van der Waals surface area contributed by atoms with Crippen LogP contribution in [0.1, 0.15) is 47.6 Å². The Hall–Kier alpha value is -10.4. The molecule has 24 rings (SSSR count). The van der Waals surface area contributed by atoms with Gasteiger partial charge < -0.3 is 27.9 Å². The van der Waals surface area contributed by atoms with E-state index in [1.54, 1.807) is 0 Å². The maximum Gasteiger partial charge on any atom is 0.643 e. The van der Waals surface area contributed by atoms with Crippen molar-refractivity contribution in [1.29, 1.82) is 0 Å². The molecule has 0 saturated carbocycles. The smallest absolute Gasteiger partial charge is 0.320 e. The van der Waals surface area contributed by atoms with Crippen LogP contribution < -0.4 is 27.9 Å². The van der Waals surface area contributed by atoms with Gasteiger partial charge in [-0.3, -0.25) is 13.4 Å². The molecule has 0 aliphatic carbocycles. The number of hydrogen-bond donors (Lipinski definition) is 0. The summed E-state index contributed by atoms with van der Waals surface area (Å²) in [5, 5.41) is 8.05. The molecule has 0 fully saturated rings. The second-order valence-corrected chi connectivity index (χ2v) is 25.2. The van der Waals surface area contributed by atoms with E-state index in [1.165, 1.54) is 162 Å². The lowest BCUT2D eigenvalue weighted by Crippen LogP contribution is -2.65. The predicted octanol–water partition coefficient (Wildman–Crippen LogP) is 12.7. The molecule has 0 N–H and O–H groups in total. The minimum Gasteiger partial charge on any atom is -0.320 e. The minimum absolute atomic E-state index is 0.0990. The number of anilines is 6. The largest absolute Gasteiger partial charge is 0.643 e. The van der Waals surface area contributed by atoms with Crippen LogP contribution in [-0.2, 0) is 19.6 Å². The van der Waals surface area contributed by atoms with Gasteiger partial charge in [0.1, 0.15) is 56.8 Å². The molecule has 12 nitrogen and oxygen atoms in total. The first-order chi connectivity index (χ1) is 41.9. The van der Waals surface area contributed by atoms with Crippen LogP contribution in [0.3, 0.4) is 0 Å². The molecule has 9 aromatic carbocycles. The third-order valence-corrected chi connectivity index (χ3v) is 20.6. The Morgan fingerprint density at radius 3 is 1.21 bits per heavy atom. The van der Waals surface area contributed by atoms with E-state index in [4.69, 9.17) is 0 Å². The van der Waals surface area contributed by atoms with E-state index in [9.17, 15) is 0 Å². The SMILES string of the molecule is CC(C)c1cc2c3c(c1)N1B(n4c5ccccc5c5cccc1c54)[n+]1ccn(c1-3)C2.Cc1cc2c3c(c1)N1B(n4c5ccccc5c5cccc1c54)[n+]1ccn(c1-3)C2.c1cc2c3c(c1)N1B(n4c5ccccc5c5cccc1c54)[n+]1ccn(c1-3)C2. The summed E-state index contributed by atoms with van der Waals surface area (Å²) >= 11 is 0. The molecule has 0 amide bonds. The predicted molar refractivity (Wildman–Crippen MR) is 341 cm³/mol. The molecule has 9 aliphatic rings. The fraction of sp³-hybridized carbons (Fsp3) is 0.100. The summed E-state index contributed by atoms with van der Waals surface area (Å²) in [5.74, 6) is 4.53. The van der Waals surface area contributed by atoms with Gasteiger partial charge in [0.05, 0.1) is 61.7 Å². The Bertz CT molecular complexity index is 5670. The van der Waals surface area contributed by atoms with Crippen molar-refractivity contribution in [2.24, 2.45) is 0 Å². The highest BCUT2D eigenvalue weighted by atomic mass is 15.4. The van der Waals surface area contributed by atoms with Crippen molar-refractivity contribution in [1.82, 2.24) is 27.1 Å². The Labute approximate surface area is 488 Å². The zero-order chi connectivity index (χ0) is 55.1. The number of imidazole rings is 3. The van der Waals surface area contributed by atoms with Gasteiger partial charge in [-0.25, -0.2) is 13.7 Å². The molecule has 15 heterocycles. The lowest BCUT2D eigenvalue weighted by molar-refractivity contribution is -0.528. The standard InChI is InChI=1S/C25H20BN4.C23H16BN4.C22H14BN4/c1-15(2)16-12-17-14-27-10-11-28-25(27)23(17)22(13-16)29-21-9-5-7-19-18-6-3-4-8-20(18)30(24(19)21)26(28)29;1-14-11-15-13-25-9-10-26-23(25)21(15)20(12-14)27-19-8-4-6-17-16-5-2-3-7-18(16)28(22(17)19)24(26)27;1-2-8-17-15(6-1)16-7-4-10-19-21(16)27(17)23-25-12-11-24-13-14-5-3-9-18(26(19)23)20(14)22(24)25/h3-13,15H,14H2,1-2H3;2-12H,13H2,1H3;1-12H,13H2/q3*+1. The van der Waals surface area contributed by atoms with E-state index < -0.39 is 0 Å². The molecule has 9 aliphatic heterocycles. The molecule has 0 atom stereocenters. The maximum atomic E-state index is 2.57. The zero-order valence-corrected chi connectivity index (χ0v) is 46.9. The van der Waals surface area contributed by atoms with Crippen LogP contribution in [0.4, 0.5) is 34.1 Å². The van der Waals surface area contributed by atoms with Gasteiger partial charge in [-0.2, -0.15) is 0 Å². The highest BCUT2D eigenvalue weighted by molar-refractivity contribution is 6.64. The number of aryl methyl sites for hydroxylation is 1. The Balaban J connectivity index is 0.0000000863. The van der Waals surface area contributed by atoms with Crippen molar-refractivity contribution in [3.63, 3.8) is 0 Å². The average Bonchev–Trinajstić information content (AvgIpc) is 1.58. The van der Waals surface area contributed by atoms with Crippen molar-refractivity contribution in [2.75, 3.05) is 14.4 Å². The molecule has 15 heteroatoms. The zero-order valence-electron chi connectivity index (χ0n) is 46.9. The summed E-state index contributed by atoms with van der Waals surface area (Å²) in [6.45, 7) is 9.72. The number of rotatable bonds is 1. The van der Waals surface area contributed by atoms with Gasteiger partial charge in [-0.15, -0.1) is 0 Å². The molecular weight excluding hydrogens is 1040 g/mol. The fourth-order valence-electron chi connectivity index (χ4n) is 17.5. The van der Waals surface area contributed by atoms with E-state index in [2.05, 4.69) is 283 Å². The molecular formula is C70H50B3N12+3. The number of aromatic nitrogens is 9. The summed E-state index contributed by atoms with van der Waals surface area (Å²) in [7, 11) is 0.320. The maximum absolute atomic E-state index is 2.57. The van der Waals surface area contributed by atoms with Gasteiger partial charge in [0.2, 0.25) is 0 Å². The summed E-state index contributed by atoms with van der Waals surface area (Å²) < 4.78 is 22.2. The van der Waals surface area contributed by atoms with E-state index in [-0.39, 0.29) is 21.4 Å². The summed E-state index contributed by atoms with van der Waals surface area (Å²) in [5.41, 5.74) is 27.2. The summed E-state index contributed by atoms with van der Waals surface area (Å²) in [6.07, 6.45) is 13.5. The number of hydrogen-bond acceptors (Lipinski definition) is 3. The van der Waals surface area contributed by atoms with Crippen molar-refractivity contribution < 1.29 is 13.4 Å². The number of benzene rings is 9. The first kappa shape index (κ1) is 44.2. The minimum atomic E-state index is 0.0990. The third-order valence-electron chi connectivity index (χ3n) is 20.6. The van der Waals surface area contributed by atoms with E-state index in [1.807, 2.05) is 0 Å². The highest BCUT2D eigenvalue weighted by Gasteiger charge is 2.57. The van der Waals surface area contributed by atoms with Crippen LogP contribution >= 0.6 is 0 Å². The van der Waals surface area contributed by atoms with Crippen molar-refractivity contribution in [2.45, 2.75) is 46.3 Å². The van der Waals surface area contributed by atoms with Crippen molar-refractivity contribution in [3.8, 4) is 34.2 Å².